The van der Waals surface area contributed by atoms with Crippen molar-refractivity contribution in [3.05, 3.63) is 12.8 Å². The SMILES string of the molecule is [CH2]CCCCCCC(C)[C](C)C. The van der Waals surface area contributed by atoms with Gasteiger partial charge in [-0.05, 0) is 11.8 Å². The fourth-order valence-corrected chi connectivity index (χ4v) is 1.27. The zero-order chi connectivity index (χ0) is 9.40. The molecule has 0 spiro atoms. The number of hydrogen-bond acceptors (Lipinski definition) is 0. The Labute approximate surface area is 78.8 Å². The molecule has 0 fully saturated rings. The number of unbranched alkanes of at least 4 members (excludes halogenated alkanes) is 4. The molecular formula is C12H24. The first-order valence-electron chi connectivity index (χ1n) is 5.27. The van der Waals surface area contributed by atoms with Gasteiger partial charge in [-0.3, -0.25) is 0 Å². The second-order valence-corrected chi connectivity index (χ2v) is 4.03. The van der Waals surface area contributed by atoms with E-state index in [1.54, 1.807) is 5.92 Å². The van der Waals surface area contributed by atoms with E-state index in [4.69, 9.17) is 0 Å². The van der Waals surface area contributed by atoms with Crippen molar-refractivity contribution in [3.63, 3.8) is 0 Å². The van der Waals surface area contributed by atoms with Crippen LogP contribution in [0.1, 0.15) is 59.3 Å². The van der Waals surface area contributed by atoms with Crippen molar-refractivity contribution in [1.29, 1.82) is 0 Å². The van der Waals surface area contributed by atoms with Crippen LogP contribution < -0.4 is 0 Å². The van der Waals surface area contributed by atoms with Gasteiger partial charge in [0, 0.05) is 0 Å². The highest BCUT2D eigenvalue weighted by molar-refractivity contribution is 4.83. The Balaban J connectivity index is 3.08. The Kier molecular flexibility index (Phi) is 7.64. The molecule has 0 aliphatic rings. The van der Waals surface area contributed by atoms with Crippen LogP contribution in [0.25, 0.3) is 0 Å². The predicted octanol–water partition coefficient (Wildman–Crippen LogP) is 4.41. The molecule has 0 aromatic carbocycles. The fourth-order valence-electron chi connectivity index (χ4n) is 1.27. The van der Waals surface area contributed by atoms with Gasteiger partial charge in [-0.1, -0.05) is 66.2 Å². The van der Waals surface area contributed by atoms with Crippen LogP contribution >= 0.6 is 0 Å². The molecule has 0 bridgehead atoms. The summed E-state index contributed by atoms with van der Waals surface area (Å²) in [7, 11) is 0. The second kappa shape index (κ2) is 7.64. The van der Waals surface area contributed by atoms with Crippen LogP contribution in [0.5, 0.6) is 0 Å². The molecule has 1 unspecified atom stereocenters. The van der Waals surface area contributed by atoms with E-state index in [0.29, 0.717) is 0 Å². The molecule has 0 N–H and O–H groups in total. The summed E-state index contributed by atoms with van der Waals surface area (Å²) < 4.78 is 0. The molecule has 0 amide bonds. The summed E-state index contributed by atoms with van der Waals surface area (Å²) in [5.41, 5.74) is 0. The zero-order valence-electron chi connectivity index (χ0n) is 9.03. The van der Waals surface area contributed by atoms with Crippen LogP contribution in [0.3, 0.4) is 0 Å². The molecule has 2 radical (unpaired) electrons. The largest absolute Gasteiger partial charge is 0.0620 e. The molecule has 12 heavy (non-hydrogen) atoms. The monoisotopic (exact) mass is 168 g/mol. The maximum absolute atomic E-state index is 3.84. The van der Waals surface area contributed by atoms with E-state index in [2.05, 4.69) is 27.7 Å². The van der Waals surface area contributed by atoms with Crippen molar-refractivity contribution in [2.75, 3.05) is 0 Å². The Bertz CT molecular complexity index is 84.0. The standard InChI is InChI=1S/C12H24/c1-5-6-7-8-9-10-12(4)11(2)3/h12H,1,5-10H2,2-4H3. The Morgan fingerprint density at radius 1 is 1.08 bits per heavy atom. The third kappa shape index (κ3) is 6.69. The molecule has 0 aromatic heterocycles. The summed E-state index contributed by atoms with van der Waals surface area (Å²) >= 11 is 0. The molecule has 0 rings (SSSR count). The van der Waals surface area contributed by atoms with E-state index >= 15 is 0 Å². The molecule has 0 aromatic rings. The van der Waals surface area contributed by atoms with Crippen LogP contribution in [0, 0.1) is 18.8 Å². The van der Waals surface area contributed by atoms with Crippen LogP contribution in [-0.4, -0.2) is 0 Å². The lowest BCUT2D eigenvalue weighted by Crippen LogP contribution is -2.01. The van der Waals surface area contributed by atoms with Gasteiger partial charge < -0.3 is 0 Å². The Morgan fingerprint density at radius 2 is 1.67 bits per heavy atom. The molecule has 0 aliphatic heterocycles. The first kappa shape index (κ1) is 12.0. The van der Waals surface area contributed by atoms with Gasteiger partial charge in [0.15, 0.2) is 0 Å². The quantitative estimate of drug-likeness (QED) is 0.494. The van der Waals surface area contributed by atoms with E-state index in [-0.39, 0.29) is 0 Å². The lowest BCUT2D eigenvalue weighted by atomic mass is 9.92. The molecular weight excluding hydrogens is 144 g/mol. The lowest BCUT2D eigenvalue weighted by Gasteiger charge is -2.14. The Morgan fingerprint density at radius 3 is 2.17 bits per heavy atom. The molecule has 1 atom stereocenters. The maximum Gasteiger partial charge on any atom is -0.0275 e. The molecule has 0 saturated heterocycles. The van der Waals surface area contributed by atoms with Gasteiger partial charge >= 0.3 is 0 Å². The van der Waals surface area contributed by atoms with Gasteiger partial charge in [-0.2, -0.15) is 0 Å². The van der Waals surface area contributed by atoms with E-state index in [1.807, 2.05) is 0 Å². The van der Waals surface area contributed by atoms with Crippen molar-refractivity contribution in [2.24, 2.45) is 5.92 Å². The highest BCUT2D eigenvalue weighted by atomic mass is 14.1. The minimum atomic E-state index is 0.824. The summed E-state index contributed by atoms with van der Waals surface area (Å²) in [4.78, 5) is 0. The molecule has 0 nitrogen and oxygen atoms in total. The van der Waals surface area contributed by atoms with Gasteiger partial charge in [-0.25, -0.2) is 0 Å². The highest BCUT2D eigenvalue weighted by Crippen LogP contribution is 2.19. The summed E-state index contributed by atoms with van der Waals surface area (Å²) in [5, 5.41) is 0. The molecule has 0 saturated carbocycles. The first-order valence-corrected chi connectivity index (χ1v) is 5.27. The first-order chi connectivity index (χ1) is 5.68. The highest BCUT2D eigenvalue weighted by Gasteiger charge is 2.05. The topological polar surface area (TPSA) is 0 Å². The number of hydrogen-bond donors (Lipinski definition) is 0. The van der Waals surface area contributed by atoms with Crippen LogP contribution in [0.15, 0.2) is 0 Å². The summed E-state index contributed by atoms with van der Waals surface area (Å²) in [5.74, 6) is 2.40. The van der Waals surface area contributed by atoms with E-state index in [0.717, 1.165) is 12.3 Å². The van der Waals surface area contributed by atoms with Crippen LogP contribution in [0.4, 0.5) is 0 Å². The third-order valence-electron chi connectivity index (χ3n) is 2.62. The van der Waals surface area contributed by atoms with Crippen molar-refractivity contribution in [2.45, 2.75) is 59.3 Å². The predicted molar refractivity (Wildman–Crippen MR) is 56.8 cm³/mol. The van der Waals surface area contributed by atoms with Gasteiger partial charge in [0.1, 0.15) is 0 Å². The smallest absolute Gasteiger partial charge is 0.0275 e. The fraction of sp³-hybridized carbons (Fsp3) is 0.833. The lowest BCUT2D eigenvalue weighted by molar-refractivity contribution is 0.501. The zero-order valence-corrected chi connectivity index (χ0v) is 9.03. The molecule has 72 valence electrons. The second-order valence-electron chi connectivity index (χ2n) is 4.03. The van der Waals surface area contributed by atoms with Crippen LogP contribution in [0.2, 0.25) is 0 Å². The van der Waals surface area contributed by atoms with Gasteiger partial charge in [0.25, 0.3) is 0 Å². The normalized spacial score (nSPS) is 13.8. The van der Waals surface area contributed by atoms with Crippen LogP contribution in [-0.2, 0) is 0 Å². The van der Waals surface area contributed by atoms with Crippen molar-refractivity contribution in [1.82, 2.24) is 0 Å². The summed E-state index contributed by atoms with van der Waals surface area (Å²) in [6, 6.07) is 0. The summed E-state index contributed by atoms with van der Waals surface area (Å²) in [6.45, 7) is 10.6. The maximum atomic E-state index is 3.84. The average Bonchev–Trinajstić information content (AvgIpc) is 2.03. The molecule has 0 aliphatic carbocycles. The third-order valence-corrected chi connectivity index (χ3v) is 2.62. The molecule has 0 heterocycles. The van der Waals surface area contributed by atoms with Gasteiger partial charge in [-0.15, -0.1) is 0 Å². The van der Waals surface area contributed by atoms with E-state index in [9.17, 15) is 0 Å². The molecule has 0 heteroatoms. The van der Waals surface area contributed by atoms with E-state index < -0.39 is 0 Å². The van der Waals surface area contributed by atoms with E-state index in [1.165, 1.54) is 32.1 Å². The van der Waals surface area contributed by atoms with Crippen molar-refractivity contribution in [3.8, 4) is 0 Å². The van der Waals surface area contributed by atoms with Gasteiger partial charge in [0.2, 0.25) is 0 Å². The summed E-state index contributed by atoms with van der Waals surface area (Å²) in [6.07, 6.45) is 7.95. The number of rotatable bonds is 7. The average molecular weight is 168 g/mol. The van der Waals surface area contributed by atoms with Gasteiger partial charge in [0.05, 0.1) is 0 Å². The van der Waals surface area contributed by atoms with Crippen molar-refractivity contribution >= 4 is 0 Å². The van der Waals surface area contributed by atoms with Crippen molar-refractivity contribution < 1.29 is 0 Å². The minimum absolute atomic E-state index is 0.824. The minimum Gasteiger partial charge on any atom is -0.0620 e. The Hall–Kier alpha value is 0.